The fourth-order valence-corrected chi connectivity index (χ4v) is 4.36. The number of carboxylic acids is 1. The Morgan fingerprint density at radius 3 is 2.31 bits per heavy atom. The Morgan fingerprint density at radius 2 is 1.77 bits per heavy atom. The van der Waals surface area contributed by atoms with Crippen LogP contribution < -0.4 is 10.0 Å². The molecule has 7 nitrogen and oxygen atoms in total. The second-order valence-electron chi connectivity index (χ2n) is 6.73. The van der Waals surface area contributed by atoms with E-state index in [9.17, 15) is 23.1 Å². The molecule has 2 rings (SSSR count). The Kier molecular flexibility index (Phi) is 6.41. The summed E-state index contributed by atoms with van der Waals surface area (Å²) >= 11 is 0. The number of carboxylic acid groups (broad SMARTS) is 1. The van der Waals surface area contributed by atoms with E-state index in [1.807, 2.05) is 0 Å². The van der Waals surface area contributed by atoms with Gasteiger partial charge in [0.15, 0.2) is 0 Å². The lowest BCUT2D eigenvalue weighted by atomic mass is 9.89. The van der Waals surface area contributed by atoms with E-state index in [4.69, 9.17) is 0 Å². The number of rotatable bonds is 6. The van der Waals surface area contributed by atoms with Gasteiger partial charge in [-0.1, -0.05) is 38.7 Å². The van der Waals surface area contributed by atoms with Crippen molar-refractivity contribution in [3.05, 3.63) is 29.3 Å². The molecular weight excluding hydrogens is 356 g/mol. The van der Waals surface area contributed by atoms with E-state index in [1.54, 1.807) is 19.9 Å². The third kappa shape index (κ3) is 4.42. The van der Waals surface area contributed by atoms with Gasteiger partial charge in [-0.05, 0) is 37.5 Å². The van der Waals surface area contributed by atoms with E-state index >= 15 is 0 Å². The predicted octanol–water partition coefficient (Wildman–Crippen LogP) is 2.20. The number of amides is 1. The molecule has 8 heteroatoms. The minimum Gasteiger partial charge on any atom is -0.480 e. The molecule has 0 spiro atoms. The summed E-state index contributed by atoms with van der Waals surface area (Å²) in [6, 6.07) is 4.29. The van der Waals surface area contributed by atoms with E-state index in [-0.39, 0.29) is 17.0 Å². The maximum absolute atomic E-state index is 12.8. The van der Waals surface area contributed by atoms with Crippen molar-refractivity contribution >= 4 is 21.9 Å². The zero-order valence-corrected chi connectivity index (χ0v) is 16.0. The zero-order chi connectivity index (χ0) is 19.4. The normalized spacial score (nSPS) is 17.3. The largest absolute Gasteiger partial charge is 0.480 e. The molecule has 0 unspecified atom stereocenters. The van der Waals surface area contributed by atoms with E-state index in [2.05, 4.69) is 10.0 Å². The lowest BCUT2D eigenvalue weighted by Crippen LogP contribution is -2.54. The average molecular weight is 382 g/mol. The number of hydrogen-bond donors (Lipinski definition) is 3. The summed E-state index contributed by atoms with van der Waals surface area (Å²) in [4.78, 5) is 24.7. The molecule has 1 aliphatic rings. The molecule has 0 saturated heterocycles. The number of aryl methyl sites for hydroxylation is 1. The highest BCUT2D eigenvalue weighted by molar-refractivity contribution is 7.89. The van der Waals surface area contributed by atoms with E-state index in [0.717, 1.165) is 25.7 Å². The molecule has 26 heavy (non-hydrogen) atoms. The molecule has 1 amide bonds. The first-order chi connectivity index (χ1) is 12.2. The fourth-order valence-electron chi connectivity index (χ4n) is 3.30. The number of nitrogens with one attached hydrogen (secondary N) is 2. The van der Waals surface area contributed by atoms with Crippen LogP contribution in [0.2, 0.25) is 0 Å². The van der Waals surface area contributed by atoms with Crippen molar-refractivity contribution in [1.29, 1.82) is 0 Å². The third-order valence-electron chi connectivity index (χ3n) is 4.82. The van der Waals surface area contributed by atoms with E-state index < -0.39 is 27.4 Å². The molecule has 0 heterocycles. The molecule has 0 aromatic heterocycles. The molecule has 1 aromatic carbocycles. The van der Waals surface area contributed by atoms with Gasteiger partial charge in [0.2, 0.25) is 10.0 Å². The first kappa shape index (κ1) is 20.4. The van der Waals surface area contributed by atoms with Crippen molar-refractivity contribution in [2.24, 2.45) is 0 Å². The first-order valence-corrected chi connectivity index (χ1v) is 10.4. The van der Waals surface area contributed by atoms with Crippen molar-refractivity contribution in [3.63, 3.8) is 0 Å². The summed E-state index contributed by atoms with van der Waals surface area (Å²) in [6.07, 6.45) is 4.12. The number of aliphatic carboxylic acids is 1. The molecular formula is C18H26N2O5S. The predicted molar refractivity (Wildman–Crippen MR) is 97.6 cm³/mol. The summed E-state index contributed by atoms with van der Waals surface area (Å²) in [5, 5.41) is 12.4. The van der Waals surface area contributed by atoms with Crippen LogP contribution in [0.4, 0.5) is 0 Å². The molecule has 3 N–H and O–H groups in total. The van der Waals surface area contributed by atoms with Crippen molar-refractivity contribution < 1.29 is 23.1 Å². The lowest BCUT2D eigenvalue weighted by Gasteiger charge is -2.29. The van der Waals surface area contributed by atoms with Crippen LogP contribution in [0, 0.1) is 6.92 Å². The number of carbonyl (C=O) groups excluding carboxylic acids is 1. The van der Waals surface area contributed by atoms with Gasteiger partial charge in [0.25, 0.3) is 5.91 Å². The third-order valence-corrected chi connectivity index (χ3v) is 6.36. The molecule has 0 radical (unpaired) electrons. The second kappa shape index (κ2) is 8.18. The van der Waals surface area contributed by atoms with Gasteiger partial charge < -0.3 is 10.4 Å². The molecule has 1 aromatic rings. The van der Waals surface area contributed by atoms with E-state index in [1.165, 1.54) is 12.1 Å². The number of hydrogen-bond acceptors (Lipinski definition) is 4. The Labute approximate surface area is 154 Å². The Bertz CT molecular complexity index is 781. The van der Waals surface area contributed by atoms with Gasteiger partial charge >= 0.3 is 5.97 Å². The van der Waals surface area contributed by atoms with Crippen molar-refractivity contribution in [3.8, 4) is 0 Å². The molecule has 1 aliphatic carbocycles. The van der Waals surface area contributed by atoms with Crippen LogP contribution in [0.15, 0.2) is 23.1 Å². The van der Waals surface area contributed by atoms with Gasteiger partial charge in [-0.3, -0.25) is 4.79 Å². The molecule has 1 fully saturated rings. The Hall–Kier alpha value is -1.93. The Balaban J connectivity index is 2.35. The maximum atomic E-state index is 12.8. The van der Waals surface area contributed by atoms with Crippen LogP contribution in [0.5, 0.6) is 0 Å². The smallest absolute Gasteiger partial charge is 0.329 e. The van der Waals surface area contributed by atoms with Crippen molar-refractivity contribution in [2.75, 3.05) is 6.54 Å². The quantitative estimate of drug-likeness (QED) is 0.653. The minimum absolute atomic E-state index is 0.0136. The fraction of sp³-hybridized carbons (Fsp3) is 0.556. The summed E-state index contributed by atoms with van der Waals surface area (Å²) < 4.78 is 26.8. The van der Waals surface area contributed by atoms with Gasteiger partial charge in [-0.2, -0.15) is 0 Å². The highest BCUT2D eigenvalue weighted by Crippen LogP contribution is 2.28. The average Bonchev–Trinajstić information content (AvgIpc) is 2.81. The highest BCUT2D eigenvalue weighted by Gasteiger charge is 2.40. The van der Waals surface area contributed by atoms with Gasteiger partial charge in [-0.25, -0.2) is 17.9 Å². The summed E-state index contributed by atoms with van der Waals surface area (Å²) in [5.41, 5.74) is -0.530. The topological polar surface area (TPSA) is 113 Å². The van der Waals surface area contributed by atoms with Crippen molar-refractivity contribution in [2.45, 2.75) is 62.8 Å². The number of sulfonamides is 1. The summed E-state index contributed by atoms with van der Waals surface area (Å²) in [6.45, 7) is 3.60. The Morgan fingerprint density at radius 1 is 1.15 bits per heavy atom. The molecule has 0 atom stereocenters. The lowest BCUT2D eigenvalue weighted by molar-refractivity contribution is -0.145. The van der Waals surface area contributed by atoms with Gasteiger partial charge in [0.05, 0.1) is 4.90 Å². The van der Waals surface area contributed by atoms with Crippen LogP contribution in [0.1, 0.15) is 61.4 Å². The van der Waals surface area contributed by atoms with Crippen LogP contribution >= 0.6 is 0 Å². The van der Waals surface area contributed by atoms with Gasteiger partial charge in [-0.15, -0.1) is 0 Å². The maximum Gasteiger partial charge on any atom is 0.329 e. The van der Waals surface area contributed by atoms with Crippen LogP contribution in [-0.4, -0.2) is 37.5 Å². The SMILES string of the molecule is CCNS(=O)(=O)c1ccc(C)c(C(=O)NC2(C(=O)O)CCCCCC2)c1. The summed E-state index contributed by atoms with van der Waals surface area (Å²) in [5.74, 6) is -1.60. The van der Waals surface area contributed by atoms with Crippen LogP contribution in [-0.2, 0) is 14.8 Å². The number of carbonyl (C=O) groups is 2. The minimum atomic E-state index is -3.70. The first-order valence-electron chi connectivity index (χ1n) is 8.88. The molecule has 0 bridgehead atoms. The van der Waals surface area contributed by atoms with Gasteiger partial charge in [0, 0.05) is 12.1 Å². The number of benzene rings is 1. The monoisotopic (exact) mass is 382 g/mol. The second-order valence-corrected chi connectivity index (χ2v) is 8.50. The van der Waals surface area contributed by atoms with Crippen LogP contribution in [0.3, 0.4) is 0 Å². The molecule has 1 saturated carbocycles. The zero-order valence-electron chi connectivity index (χ0n) is 15.2. The van der Waals surface area contributed by atoms with Crippen LogP contribution in [0.25, 0.3) is 0 Å². The summed E-state index contributed by atoms with van der Waals surface area (Å²) in [7, 11) is -3.70. The standard InChI is InChI=1S/C18H26N2O5S/c1-3-19-26(24,25)14-9-8-13(2)15(12-14)16(21)20-18(17(22)23)10-6-4-5-7-11-18/h8-9,12,19H,3-7,10-11H2,1-2H3,(H,20,21)(H,22,23). The van der Waals surface area contributed by atoms with Crippen molar-refractivity contribution in [1.82, 2.24) is 10.0 Å². The van der Waals surface area contributed by atoms with E-state index in [0.29, 0.717) is 18.4 Å². The molecule has 144 valence electrons. The highest BCUT2D eigenvalue weighted by atomic mass is 32.2. The van der Waals surface area contributed by atoms with Gasteiger partial charge in [0.1, 0.15) is 5.54 Å². The molecule has 0 aliphatic heterocycles.